The lowest BCUT2D eigenvalue weighted by molar-refractivity contribution is 0.102. The van der Waals surface area contributed by atoms with E-state index in [-0.39, 0.29) is 5.56 Å². The zero-order valence-electron chi connectivity index (χ0n) is 18.2. The summed E-state index contributed by atoms with van der Waals surface area (Å²) < 4.78 is 34.6. The number of hydrogen-bond donors (Lipinski definition) is 1. The van der Waals surface area contributed by atoms with Crippen molar-refractivity contribution in [3.8, 4) is 11.5 Å². The lowest BCUT2D eigenvalue weighted by Crippen LogP contribution is -2.13. The molecule has 0 atom stereocenters. The highest BCUT2D eigenvalue weighted by molar-refractivity contribution is 6.04. The normalized spacial score (nSPS) is 11.1. The van der Waals surface area contributed by atoms with Crippen LogP contribution in [0.4, 0.5) is 14.5 Å². The number of halogens is 2. The van der Waals surface area contributed by atoms with E-state index in [0.717, 1.165) is 40.3 Å². The topological polar surface area (TPSA) is 73.0 Å². The van der Waals surface area contributed by atoms with Crippen LogP contribution in [0.15, 0.2) is 46.9 Å². The van der Waals surface area contributed by atoms with Gasteiger partial charge in [-0.1, -0.05) is 0 Å². The number of aromatic nitrogens is 3. The fourth-order valence-corrected chi connectivity index (χ4v) is 3.35. The zero-order chi connectivity index (χ0) is 23.0. The molecule has 4 rings (SSSR count). The first-order chi connectivity index (χ1) is 15.2. The molecule has 0 bridgehead atoms. The summed E-state index contributed by atoms with van der Waals surface area (Å²) in [6.45, 7) is 8.41. The Morgan fingerprint density at radius 3 is 2.41 bits per heavy atom. The molecule has 1 amide bonds. The van der Waals surface area contributed by atoms with E-state index < -0.39 is 17.5 Å². The molecule has 0 aliphatic carbocycles. The van der Waals surface area contributed by atoms with E-state index >= 15 is 0 Å². The molecular weight excluding hydrogens is 414 g/mol. The van der Waals surface area contributed by atoms with E-state index in [1.807, 2.05) is 32.4 Å². The molecule has 0 aliphatic rings. The second-order valence-corrected chi connectivity index (χ2v) is 7.63. The van der Waals surface area contributed by atoms with Gasteiger partial charge in [0.2, 0.25) is 5.89 Å². The van der Waals surface area contributed by atoms with E-state index in [0.29, 0.717) is 29.9 Å². The molecule has 2 aromatic carbocycles. The van der Waals surface area contributed by atoms with E-state index in [4.69, 9.17) is 4.42 Å². The molecule has 0 saturated heterocycles. The highest BCUT2D eigenvalue weighted by Gasteiger charge is 2.16. The number of rotatable bonds is 5. The fraction of sp³-hybridized carbons (Fsp3) is 0.208. The van der Waals surface area contributed by atoms with Crippen LogP contribution < -0.4 is 5.32 Å². The summed E-state index contributed by atoms with van der Waals surface area (Å²) >= 11 is 0. The molecule has 1 N–H and O–H groups in total. The number of carbonyl (C=O) groups is 1. The lowest BCUT2D eigenvalue weighted by Gasteiger charge is -2.06. The summed E-state index contributed by atoms with van der Waals surface area (Å²) in [5, 5.41) is 7.15. The maximum absolute atomic E-state index is 13.8. The van der Waals surface area contributed by atoms with E-state index in [1.54, 1.807) is 24.3 Å². The Hall–Kier alpha value is -3.81. The van der Waals surface area contributed by atoms with Gasteiger partial charge in [-0.2, -0.15) is 5.10 Å². The lowest BCUT2D eigenvalue weighted by atomic mass is 10.1. The molecule has 0 unspecified atom stereocenters. The van der Waals surface area contributed by atoms with Crippen LogP contribution in [0.2, 0.25) is 0 Å². The van der Waals surface area contributed by atoms with Crippen molar-refractivity contribution in [2.75, 3.05) is 5.32 Å². The first-order valence-corrected chi connectivity index (χ1v) is 10.1. The Morgan fingerprint density at radius 2 is 1.78 bits per heavy atom. The quantitative estimate of drug-likeness (QED) is 0.458. The van der Waals surface area contributed by atoms with Crippen molar-refractivity contribution in [2.45, 2.75) is 34.2 Å². The van der Waals surface area contributed by atoms with Gasteiger partial charge in [0.15, 0.2) is 0 Å². The Morgan fingerprint density at radius 1 is 1.06 bits per heavy atom. The minimum absolute atomic E-state index is 0.233. The number of nitrogens with one attached hydrogen (secondary N) is 1. The number of aryl methyl sites for hydroxylation is 2. The van der Waals surface area contributed by atoms with Gasteiger partial charge in [-0.25, -0.2) is 13.8 Å². The summed E-state index contributed by atoms with van der Waals surface area (Å²) in [4.78, 5) is 16.9. The molecule has 164 valence electrons. The predicted molar refractivity (Wildman–Crippen MR) is 117 cm³/mol. The van der Waals surface area contributed by atoms with Crippen LogP contribution in [-0.2, 0) is 6.54 Å². The predicted octanol–water partition coefficient (Wildman–Crippen LogP) is 5.35. The van der Waals surface area contributed by atoms with Crippen LogP contribution in [-0.4, -0.2) is 20.7 Å². The van der Waals surface area contributed by atoms with Gasteiger partial charge in [-0.05, 0) is 69.7 Å². The summed E-state index contributed by atoms with van der Waals surface area (Å²) in [7, 11) is 0. The highest BCUT2D eigenvalue weighted by Crippen LogP contribution is 2.25. The average Bonchev–Trinajstić information content (AvgIpc) is 3.23. The van der Waals surface area contributed by atoms with Crippen molar-refractivity contribution in [3.63, 3.8) is 0 Å². The molecule has 8 heteroatoms. The molecule has 0 radical (unpaired) electrons. The Labute approximate surface area is 183 Å². The van der Waals surface area contributed by atoms with Gasteiger partial charge in [0.25, 0.3) is 5.91 Å². The largest absolute Gasteiger partial charge is 0.441 e. The van der Waals surface area contributed by atoms with Crippen molar-refractivity contribution in [1.29, 1.82) is 0 Å². The van der Waals surface area contributed by atoms with E-state index in [1.165, 1.54) is 0 Å². The Balaban J connectivity index is 1.50. The van der Waals surface area contributed by atoms with Crippen LogP contribution in [0.25, 0.3) is 11.5 Å². The molecule has 0 saturated carbocycles. The highest BCUT2D eigenvalue weighted by atomic mass is 19.1. The first-order valence-electron chi connectivity index (χ1n) is 10.1. The first kappa shape index (κ1) is 21.4. The second kappa shape index (κ2) is 8.37. The number of amides is 1. The summed E-state index contributed by atoms with van der Waals surface area (Å²) in [6, 6.07) is 9.65. The number of nitrogens with zero attached hydrogens (tertiary/aromatic N) is 3. The van der Waals surface area contributed by atoms with Crippen LogP contribution in [0.5, 0.6) is 0 Å². The van der Waals surface area contributed by atoms with Gasteiger partial charge in [0.05, 0.1) is 17.8 Å². The monoisotopic (exact) mass is 436 g/mol. The number of oxazole rings is 1. The molecular formula is C24H22F2N4O2. The summed E-state index contributed by atoms with van der Waals surface area (Å²) in [5.74, 6) is -1.16. The van der Waals surface area contributed by atoms with Gasteiger partial charge in [-0.3, -0.25) is 9.48 Å². The molecule has 2 heterocycles. The molecule has 2 aromatic heterocycles. The third kappa shape index (κ3) is 4.16. The number of anilines is 1. The third-order valence-electron chi connectivity index (χ3n) is 5.50. The molecule has 0 fully saturated rings. The zero-order valence-corrected chi connectivity index (χ0v) is 18.2. The molecule has 32 heavy (non-hydrogen) atoms. The minimum atomic E-state index is -0.917. The van der Waals surface area contributed by atoms with E-state index in [9.17, 15) is 13.6 Å². The van der Waals surface area contributed by atoms with Crippen molar-refractivity contribution in [1.82, 2.24) is 14.8 Å². The summed E-state index contributed by atoms with van der Waals surface area (Å²) in [5.41, 5.74) is 4.98. The Bertz CT molecular complexity index is 1310. The Kier molecular flexibility index (Phi) is 5.61. The SMILES string of the molecule is Cc1nn(Cc2nc(-c3ccc(NC(=O)c4ccc(F)cc4F)cc3)oc2C)c(C)c1C. The average molecular weight is 436 g/mol. The number of carbonyl (C=O) groups excluding carboxylic acids is 1. The maximum Gasteiger partial charge on any atom is 0.258 e. The smallest absolute Gasteiger partial charge is 0.258 e. The maximum atomic E-state index is 13.8. The fourth-order valence-electron chi connectivity index (χ4n) is 3.35. The van der Waals surface area contributed by atoms with Gasteiger partial charge < -0.3 is 9.73 Å². The van der Waals surface area contributed by atoms with Crippen molar-refractivity contribution >= 4 is 11.6 Å². The third-order valence-corrected chi connectivity index (χ3v) is 5.50. The van der Waals surface area contributed by atoms with Crippen LogP contribution in [0.1, 0.15) is 38.8 Å². The second-order valence-electron chi connectivity index (χ2n) is 7.63. The van der Waals surface area contributed by atoms with Crippen LogP contribution in [0, 0.1) is 39.3 Å². The van der Waals surface area contributed by atoms with Gasteiger partial charge in [-0.15, -0.1) is 0 Å². The van der Waals surface area contributed by atoms with Gasteiger partial charge in [0, 0.05) is 23.0 Å². The van der Waals surface area contributed by atoms with Gasteiger partial charge >= 0.3 is 0 Å². The van der Waals surface area contributed by atoms with Crippen LogP contribution >= 0.6 is 0 Å². The van der Waals surface area contributed by atoms with Gasteiger partial charge in [0.1, 0.15) is 23.1 Å². The standard InChI is InChI=1S/C24H22F2N4O2/c1-13-14(2)29-30(15(13)3)12-22-16(4)32-24(28-22)17-5-8-19(9-6-17)27-23(31)20-10-7-18(25)11-21(20)26/h5-11H,12H2,1-4H3,(H,27,31). The van der Waals surface area contributed by atoms with Crippen molar-refractivity contribution in [2.24, 2.45) is 0 Å². The number of benzene rings is 2. The molecule has 6 nitrogen and oxygen atoms in total. The molecule has 4 aromatic rings. The minimum Gasteiger partial charge on any atom is -0.441 e. The molecule has 0 aliphatic heterocycles. The summed E-state index contributed by atoms with van der Waals surface area (Å²) in [6.07, 6.45) is 0. The van der Waals surface area contributed by atoms with Crippen molar-refractivity contribution in [3.05, 3.63) is 88.1 Å². The number of hydrogen-bond acceptors (Lipinski definition) is 4. The van der Waals surface area contributed by atoms with E-state index in [2.05, 4.69) is 15.4 Å². The van der Waals surface area contributed by atoms with Crippen molar-refractivity contribution < 1.29 is 18.0 Å². The molecule has 0 spiro atoms. The van der Waals surface area contributed by atoms with Crippen LogP contribution in [0.3, 0.4) is 0 Å².